The zero-order valence-electron chi connectivity index (χ0n) is 12.4. The van der Waals surface area contributed by atoms with Gasteiger partial charge in [-0.25, -0.2) is 8.42 Å². The van der Waals surface area contributed by atoms with Crippen LogP contribution in [0.3, 0.4) is 0 Å². The highest BCUT2D eigenvalue weighted by atomic mass is 32.2. The van der Waals surface area contributed by atoms with E-state index in [1.807, 2.05) is 0 Å². The SMILES string of the molecule is CCCC1CCC(C(CCCS(C)(=O)=O)NN)CC1. The quantitative estimate of drug-likeness (QED) is 0.531. The van der Waals surface area contributed by atoms with Gasteiger partial charge in [-0.2, -0.15) is 0 Å². The van der Waals surface area contributed by atoms with E-state index in [1.54, 1.807) is 0 Å². The number of hydrogen-bond acceptors (Lipinski definition) is 4. The molecule has 3 N–H and O–H groups in total. The molecule has 0 aromatic rings. The summed E-state index contributed by atoms with van der Waals surface area (Å²) in [7, 11) is -2.84. The number of hydrazine groups is 1. The summed E-state index contributed by atoms with van der Waals surface area (Å²) in [5.41, 5.74) is 2.91. The average Bonchev–Trinajstić information content (AvgIpc) is 2.35. The molecular weight excluding hydrogens is 260 g/mol. The second-order valence-corrected chi connectivity index (χ2v) is 8.37. The van der Waals surface area contributed by atoms with Gasteiger partial charge in [-0.1, -0.05) is 32.6 Å². The molecule has 0 saturated heterocycles. The Morgan fingerprint density at radius 2 is 1.89 bits per heavy atom. The van der Waals surface area contributed by atoms with E-state index in [-0.39, 0.29) is 11.8 Å². The highest BCUT2D eigenvalue weighted by molar-refractivity contribution is 7.90. The van der Waals surface area contributed by atoms with Crippen LogP contribution in [0.25, 0.3) is 0 Å². The molecular formula is C14H30N2O2S. The van der Waals surface area contributed by atoms with Crippen molar-refractivity contribution in [3.05, 3.63) is 0 Å². The maximum atomic E-state index is 11.1. The van der Waals surface area contributed by atoms with Crippen molar-refractivity contribution in [3.8, 4) is 0 Å². The van der Waals surface area contributed by atoms with Gasteiger partial charge in [0.1, 0.15) is 9.84 Å². The summed E-state index contributed by atoms with van der Waals surface area (Å²) in [6.45, 7) is 2.25. The molecule has 1 aliphatic carbocycles. The predicted molar refractivity (Wildman–Crippen MR) is 80.4 cm³/mol. The van der Waals surface area contributed by atoms with E-state index in [9.17, 15) is 8.42 Å². The van der Waals surface area contributed by atoms with Gasteiger partial charge in [-0.15, -0.1) is 0 Å². The number of nitrogens with one attached hydrogen (secondary N) is 1. The van der Waals surface area contributed by atoms with Crippen molar-refractivity contribution in [1.82, 2.24) is 5.43 Å². The molecule has 1 atom stereocenters. The lowest BCUT2D eigenvalue weighted by Crippen LogP contribution is -2.42. The Bertz CT molecular complexity index is 335. The molecule has 1 rings (SSSR count). The molecule has 5 heteroatoms. The highest BCUT2D eigenvalue weighted by Gasteiger charge is 2.26. The standard InChI is InChI=1S/C14H30N2O2S/c1-3-5-12-7-9-13(10-8-12)14(16-15)6-4-11-19(2,17)18/h12-14,16H,3-11,15H2,1-2H3. The Morgan fingerprint density at radius 1 is 1.26 bits per heavy atom. The molecule has 4 nitrogen and oxygen atoms in total. The maximum Gasteiger partial charge on any atom is 0.147 e. The smallest absolute Gasteiger partial charge is 0.147 e. The highest BCUT2D eigenvalue weighted by Crippen LogP contribution is 2.34. The summed E-state index contributed by atoms with van der Waals surface area (Å²) in [5.74, 6) is 7.44. The van der Waals surface area contributed by atoms with Crippen molar-refractivity contribution in [1.29, 1.82) is 0 Å². The molecule has 0 aliphatic heterocycles. The van der Waals surface area contributed by atoms with E-state index >= 15 is 0 Å². The van der Waals surface area contributed by atoms with Crippen LogP contribution in [0.5, 0.6) is 0 Å². The minimum absolute atomic E-state index is 0.274. The van der Waals surface area contributed by atoms with Gasteiger partial charge >= 0.3 is 0 Å². The third-order valence-electron chi connectivity index (χ3n) is 4.40. The molecule has 1 fully saturated rings. The maximum absolute atomic E-state index is 11.1. The lowest BCUT2D eigenvalue weighted by molar-refractivity contribution is 0.207. The number of nitrogens with two attached hydrogens (primary N) is 1. The van der Waals surface area contributed by atoms with Crippen LogP contribution in [0, 0.1) is 11.8 Å². The summed E-state index contributed by atoms with van der Waals surface area (Å²) < 4.78 is 22.3. The third-order valence-corrected chi connectivity index (χ3v) is 5.43. The fourth-order valence-electron chi connectivity index (χ4n) is 3.31. The largest absolute Gasteiger partial charge is 0.271 e. The lowest BCUT2D eigenvalue weighted by atomic mass is 9.76. The summed E-state index contributed by atoms with van der Waals surface area (Å²) in [6.07, 6.45) is 10.6. The minimum Gasteiger partial charge on any atom is -0.271 e. The van der Waals surface area contributed by atoms with Gasteiger partial charge in [0.25, 0.3) is 0 Å². The van der Waals surface area contributed by atoms with E-state index in [2.05, 4.69) is 12.3 Å². The Balaban J connectivity index is 2.32. The Morgan fingerprint density at radius 3 is 2.37 bits per heavy atom. The molecule has 1 saturated carbocycles. The van der Waals surface area contributed by atoms with E-state index in [1.165, 1.54) is 44.8 Å². The van der Waals surface area contributed by atoms with Crippen LogP contribution < -0.4 is 11.3 Å². The predicted octanol–water partition coefficient (Wildman–Crippen LogP) is 2.25. The van der Waals surface area contributed by atoms with Gasteiger partial charge in [-0.05, 0) is 37.5 Å². The van der Waals surface area contributed by atoms with Crippen LogP contribution >= 0.6 is 0 Å². The topological polar surface area (TPSA) is 72.2 Å². The molecule has 0 aromatic heterocycles. The molecule has 1 unspecified atom stereocenters. The normalized spacial score (nSPS) is 26.3. The molecule has 0 radical (unpaired) electrons. The first kappa shape index (κ1) is 16.9. The molecule has 1 aliphatic rings. The van der Waals surface area contributed by atoms with Crippen molar-refractivity contribution >= 4 is 9.84 Å². The average molecular weight is 290 g/mol. The second kappa shape index (κ2) is 8.22. The fourth-order valence-corrected chi connectivity index (χ4v) is 4.00. The Kier molecular flexibility index (Phi) is 7.32. The van der Waals surface area contributed by atoms with Crippen molar-refractivity contribution in [2.45, 2.75) is 64.3 Å². The van der Waals surface area contributed by atoms with Crippen LogP contribution in [0.2, 0.25) is 0 Å². The van der Waals surface area contributed by atoms with Gasteiger partial charge in [0.2, 0.25) is 0 Å². The molecule has 19 heavy (non-hydrogen) atoms. The van der Waals surface area contributed by atoms with Gasteiger partial charge in [-0.3, -0.25) is 11.3 Å². The van der Waals surface area contributed by atoms with Gasteiger partial charge in [0.15, 0.2) is 0 Å². The fraction of sp³-hybridized carbons (Fsp3) is 1.00. The van der Waals surface area contributed by atoms with E-state index in [0.29, 0.717) is 12.3 Å². The molecule has 0 aromatic carbocycles. The third kappa shape index (κ3) is 6.72. The van der Waals surface area contributed by atoms with Crippen LogP contribution in [0.1, 0.15) is 58.3 Å². The van der Waals surface area contributed by atoms with Crippen LogP contribution in [0.4, 0.5) is 0 Å². The molecule has 0 amide bonds. The molecule has 0 heterocycles. The van der Waals surface area contributed by atoms with Gasteiger partial charge in [0.05, 0.1) is 0 Å². The number of hydrogen-bond donors (Lipinski definition) is 2. The van der Waals surface area contributed by atoms with E-state index < -0.39 is 9.84 Å². The summed E-state index contributed by atoms with van der Waals surface area (Å²) in [4.78, 5) is 0. The number of rotatable bonds is 8. The lowest BCUT2D eigenvalue weighted by Gasteiger charge is -2.33. The first-order chi connectivity index (χ1) is 8.96. The molecule has 0 spiro atoms. The second-order valence-electron chi connectivity index (χ2n) is 6.11. The van der Waals surface area contributed by atoms with Crippen LogP contribution in [-0.4, -0.2) is 26.5 Å². The van der Waals surface area contributed by atoms with Crippen molar-refractivity contribution < 1.29 is 8.42 Å². The van der Waals surface area contributed by atoms with Crippen LogP contribution in [-0.2, 0) is 9.84 Å². The zero-order chi connectivity index (χ0) is 14.3. The van der Waals surface area contributed by atoms with Crippen molar-refractivity contribution in [3.63, 3.8) is 0 Å². The van der Waals surface area contributed by atoms with E-state index in [0.717, 1.165) is 12.3 Å². The summed E-state index contributed by atoms with van der Waals surface area (Å²) in [6, 6.07) is 0.282. The van der Waals surface area contributed by atoms with Gasteiger partial charge < -0.3 is 0 Å². The Hall–Kier alpha value is -0.130. The van der Waals surface area contributed by atoms with Crippen molar-refractivity contribution in [2.75, 3.05) is 12.0 Å². The Labute approximate surface area is 118 Å². The van der Waals surface area contributed by atoms with E-state index in [4.69, 9.17) is 5.84 Å². The summed E-state index contributed by atoms with van der Waals surface area (Å²) >= 11 is 0. The minimum atomic E-state index is -2.84. The monoisotopic (exact) mass is 290 g/mol. The number of sulfone groups is 1. The summed E-state index contributed by atoms with van der Waals surface area (Å²) in [5, 5.41) is 0. The van der Waals surface area contributed by atoms with Crippen LogP contribution in [0.15, 0.2) is 0 Å². The zero-order valence-corrected chi connectivity index (χ0v) is 13.2. The molecule has 0 bridgehead atoms. The first-order valence-corrected chi connectivity index (χ1v) is 9.66. The molecule has 114 valence electrons. The first-order valence-electron chi connectivity index (χ1n) is 7.60. The van der Waals surface area contributed by atoms with Gasteiger partial charge in [0, 0.05) is 18.1 Å². The van der Waals surface area contributed by atoms with Crippen molar-refractivity contribution in [2.24, 2.45) is 17.7 Å².